The molecule has 2 aliphatic rings. The van der Waals surface area contributed by atoms with Gasteiger partial charge in [0, 0.05) is 24.9 Å². The van der Waals surface area contributed by atoms with Crippen LogP contribution in [0, 0.1) is 11.7 Å². The molecule has 1 aromatic rings. The van der Waals surface area contributed by atoms with Crippen molar-refractivity contribution < 1.29 is 14.0 Å². The highest BCUT2D eigenvalue weighted by Crippen LogP contribution is 2.41. The molecule has 1 heterocycles. The minimum atomic E-state index is -0.404. The number of nitrogens with one attached hydrogen (secondary N) is 1. The molecule has 3 atom stereocenters. The van der Waals surface area contributed by atoms with Crippen LogP contribution in [0.15, 0.2) is 24.3 Å². The van der Waals surface area contributed by atoms with E-state index in [1.807, 2.05) is 19.9 Å². The quantitative estimate of drug-likeness (QED) is 0.906. The second-order valence-electron chi connectivity index (χ2n) is 6.89. The lowest BCUT2D eigenvalue weighted by atomic mass is 10.0. The number of rotatable bonds is 5. The lowest BCUT2D eigenvalue weighted by Gasteiger charge is -2.30. The highest BCUT2D eigenvalue weighted by atomic mass is 19.1. The van der Waals surface area contributed by atoms with E-state index in [0.717, 1.165) is 18.4 Å². The van der Waals surface area contributed by atoms with Gasteiger partial charge in [-0.05, 0) is 36.5 Å². The smallest absolute Gasteiger partial charge is 0.243 e. The predicted molar refractivity (Wildman–Crippen MR) is 85.3 cm³/mol. The molecule has 23 heavy (non-hydrogen) atoms. The number of halogens is 1. The van der Waals surface area contributed by atoms with Crippen molar-refractivity contribution in [1.29, 1.82) is 0 Å². The predicted octanol–water partition coefficient (Wildman–Crippen LogP) is 2.44. The summed E-state index contributed by atoms with van der Waals surface area (Å²) in [6.45, 7) is 4.59. The molecule has 0 aromatic heterocycles. The summed E-state index contributed by atoms with van der Waals surface area (Å²) < 4.78 is 13.3. The van der Waals surface area contributed by atoms with Gasteiger partial charge in [0.1, 0.15) is 11.9 Å². The van der Waals surface area contributed by atoms with Gasteiger partial charge in [0.25, 0.3) is 0 Å². The largest absolute Gasteiger partial charge is 0.351 e. The maximum atomic E-state index is 13.3. The van der Waals surface area contributed by atoms with Gasteiger partial charge in [0.15, 0.2) is 0 Å². The van der Waals surface area contributed by atoms with Crippen molar-refractivity contribution in [3.63, 3.8) is 0 Å². The lowest BCUT2D eigenvalue weighted by Crippen LogP contribution is -2.51. The Balaban J connectivity index is 1.63. The molecule has 1 aliphatic heterocycles. The summed E-state index contributed by atoms with van der Waals surface area (Å²) in [6.07, 6.45) is 2.18. The number of carbonyl (C=O) groups is 2. The van der Waals surface area contributed by atoms with Crippen LogP contribution in [0.3, 0.4) is 0 Å². The Morgan fingerprint density at radius 2 is 2.17 bits per heavy atom. The molecule has 1 aliphatic carbocycles. The Morgan fingerprint density at radius 1 is 1.39 bits per heavy atom. The summed E-state index contributed by atoms with van der Waals surface area (Å²) in [4.78, 5) is 26.3. The summed E-state index contributed by atoms with van der Waals surface area (Å²) in [5.41, 5.74) is 0.925. The summed E-state index contributed by atoms with van der Waals surface area (Å²) in [5.74, 6) is -0.0159. The van der Waals surface area contributed by atoms with E-state index in [1.54, 1.807) is 11.0 Å². The molecule has 2 fully saturated rings. The number of nitrogens with zero attached hydrogens (tertiary/aromatic N) is 1. The van der Waals surface area contributed by atoms with Crippen LogP contribution in [0.25, 0.3) is 0 Å². The molecule has 1 saturated carbocycles. The SMILES string of the molecule is CC(C)C(C(=O)NC1CC1c1cccc(F)c1)N1CCCC1=O. The van der Waals surface area contributed by atoms with E-state index in [1.165, 1.54) is 12.1 Å². The first kappa shape index (κ1) is 16.0. The van der Waals surface area contributed by atoms with Crippen LogP contribution in [0.1, 0.15) is 44.6 Å². The van der Waals surface area contributed by atoms with Gasteiger partial charge in [-0.25, -0.2) is 4.39 Å². The molecule has 4 nitrogen and oxygen atoms in total. The molecule has 1 aromatic carbocycles. The topological polar surface area (TPSA) is 49.4 Å². The lowest BCUT2D eigenvalue weighted by molar-refractivity contribution is -0.139. The van der Waals surface area contributed by atoms with E-state index in [9.17, 15) is 14.0 Å². The molecule has 3 rings (SSSR count). The minimum absolute atomic E-state index is 0.0447. The standard InChI is InChI=1S/C18H23FN2O2/c1-11(2)17(21-8-4-7-16(21)22)18(23)20-15-10-14(15)12-5-3-6-13(19)9-12/h3,5-6,9,11,14-15,17H,4,7-8,10H2,1-2H3,(H,20,23). The van der Waals surface area contributed by atoms with Crippen LogP contribution in [0.2, 0.25) is 0 Å². The summed E-state index contributed by atoms with van der Waals surface area (Å²) >= 11 is 0. The molecule has 0 spiro atoms. The van der Waals surface area contributed by atoms with Crippen LogP contribution >= 0.6 is 0 Å². The Kier molecular flexibility index (Phi) is 4.37. The second kappa shape index (κ2) is 6.30. The van der Waals surface area contributed by atoms with Crippen molar-refractivity contribution in [3.05, 3.63) is 35.6 Å². The number of likely N-dealkylation sites (tertiary alicyclic amines) is 1. The zero-order chi connectivity index (χ0) is 16.6. The molecule has 0 bridgehead atoms. The molecule has 0 radical (unpaired) electrons. The first-order valence-corrected chi connectivity index (χ1v) is 8.32. The Hall–Kier alpha value is -1.91. The van der Waals surface area contributed by atoms with E-state index >= 15 is 0 Å². The van der Waals surface area contributed by atoms with Gasteiger partial charge in [-0.15, -0.1) is 0 Å². The average molecular weight is 318 g/mol. The van der Waals surface area contributed by atoms with E-state index in [0.29, 0.717) is 13.0 Å². The normalized spacial score (nSPS) is 24.9. The fourth-order valence-electron chi connectivity index (χ4n) is 3.50. The van der Waals surface area contributed by atoms with E-state index in [4.69, 9.17) is 0 Å². The van der Waals surface area contributed by atoms with E-state index in [2.05, 4.69) is 5.32 Å². The van der Waals surface area contributed by atoms with Gasteiger partial charge in [0.05, 0.1) is 0 Å². The molecule has 1 saturated heterocycles. The zero-order valence-electron chi connectivity index (χ0n) is 13.6. The van der Waals surface area contributed by atoms with Crippen molar-refractivity contribution >= 4 is 11.8 Å². The van der Waals surface area contributed by atoms with Gasteiger partial charge in [-0.1, -0.05) is 26.0 Å². The van der Waals surface area contributed by atoms with Crippen LogP contribution in [0.4, 0.5) is 4.39 Å². The van der Waals surface area contributed by atoms with Gasteiger partial charge in [-0.2, -0.15) is 0 Å². The third-order valence-corrected chi connectivity index (χ3v) is 4.74. The summed E-state index contributed by atoms with van der Waals surface area (Å²) in [5, 5.41) is 3.05. The fraction of sp³-hybridized carbons (Fsp3) is 0.556. The van der Waals surface area contributed by atoms with Crippen molar-refractivity contribution in [1.82, 2.24) is 10.2 Å². The van der Waals surface area contributed by atoms with Crippen LogP contribution in [-0.4, -0.2) is 35.3 Å². The molecule has 5 heteroatoms. The third kappa shape index (κ3) is 3.38. The Morgan fingerprint density at radius 3 is 2.78 bits per heavy atom. The van der Waals surface area contributed by atoms with Crippen molar-refractivity contribution in [2.45, 2.75) is 51.1 Å². The monoisotopic (exact) mass is 318 g/mol. The minimum Gasteiger partial charge on any atom is -0.351 e. The van der Waals surface area contributed by atoms with Gasteiger partial charge >= 0.3 is 0 Å². The van der Waals surface area contributed by atoms with Crippen LogP contribution in [-0.2, 0) is 9.59 Å². The van der Waals surface area contributed by atoms with Gasteiger partial charge in [0.2, 0.25) is 11.8 Å². The van der Waals surface area contributed by atoms with E-state index in [-0.39, 0.29) is 35.5 Å². The number of hydrogen-bond acceptors (Lipinski definition) is 2. The first-order chi connectivity index (χ1) is 11.0. The number of benzene rings is 1. The van der Waals surface area contributed by atoms with Gasteiger partial charge < -0.3 is 10.2 Å². The van der Waals surface area contributed by atoms with E-state index < -0.39 is 6.04 Å². The molecular formula is C18H23FN2O2. The summed E-state index contributed by atoms with van der Waals surface area (Å²) in [7, 11) is 0. The Labute approximate surface area is 136 Å². The zero-order valence-corrected chi connectivity index (χ0v) is 13.6. The average Bonchev–Trinajstić information content (AvgIpc) is 3.13. The molecule has 1 N–H and O–H groups in total. The molecule has 124 valence electrons. The highest BCUT2D eigenvalue weighted by molar-refractivity contribution is 5.89. The molecular weight excluding hydrogens is 295 g/mol. The number of amides is 2. The highest BCUT2D eigenvalue weighted by Gasteiger charge is 2.42. The maximum Gasteiger partial charge on any atom is 0.243 e. The second-order valence-corrected chi connectivity index (χ2v) is 6.89. The van der Waals surface area contributed by atoms with Crippen LogP contribution in [0.5, 0.6) is 0 Å². The van der Waals surface area contributed by atoms with Crippen molar-refractivity contribution in [3.8, 4) is 0 Å². The van der Waals surface area contributed by atoms with Gasteiger partial charge in [-0.3, -0.25) is 9.59 Å². The van der Waals surface area contributed by atoms with Crippen molar-refractivity contribution in [2.75, 3.05) is 6.54 Å². The Bertz CT molecular complexity index is 617. The third-order valence-electron chi connectivity index (χ3n) is 4.74. The first-order valence-electron chi connectivity index (χ1n) is 8.32. The number of carbonyl (C=O) groups excluding carboxylic acids is 2. The molecule has 3 unspecified atom stereocenters. The van der Waals surface area contributed by atoms with Crippen LogP contribution < -0.4 is 5.32 Å². The molecule has 2 amide bonds. The fourth-order valence-corrected chi connectivity index (χ4v) is 3.50. The van der Waals surface area contributed by atoms with Crippen molar-refractivity contribution in [2.24, 2.45) is 5.92 Å². The maximum absolute atomic E-state index is 13.3. The summed E-state index contributed by atoms with van der Waals surface area (Å²) in [6, 6.07) is 6.18. The number of hydrogen-bond donors (Lipinski definition) is 1.